The van der Waals surface area contributed by atoms with Gasteiger partial charge in [-0.2, -0.15) is 18.2 Å². The number of nitrogen functional groups attached to an aromatic ring is 1. The van der Waals surface area contributed by atoms with Crippen LogP contribution in [0.3, 0.4) is 0 Å². The molecule has 9 nitrogen and oxygen atoms in total. The molecule has 0 unspecified atom stereocenters. The summed E-state index contributed by atoms with van der Waals surface area (Å²) in [5.74, 6) is 0.154. The molecule has 0 radical (unpaired) electrons. The Balaban J connectivity index is 1.73. The van der Waals surface area contributed by atoms with Gasteiger partial charge in [0.25, 0.3) is 0 Å². The van der Waals surface area contributed by atoms with Crippen LogP contribution in [0.15, 0.2) is 35.2 Å². The summed E-state index contributed by atoms with van der Waals surface area (Å²) >= 11 is 6.35. The van der Waals surface area contributed by atoms with Crippen LogP contribution in [0.2, 0.25) is 5.02 Å². The number of anilines is 1. The summed E-state index contributed by atoms with van der Waals surface area (Å²) in [7, 11) is -2.72. The Hall–Kier alpha value is -2.87. The van der Waals surface area contributed by atoms with Crippen molar-refractivity contribution in [1.82, 2.24) is 25.2 Å². The molecular formula is C22H24ClF3N6O3S. The maximum absolute atomic E-state index is 14.1. The lowest BCUT2D eigenvalue weighted by Crippen LogP contribution is -2.42. The van der Waals surface area contributed by atoms with Crippen molar-refractivity contribution in [2.45, 2.75) is 36.4 Å². The number of aromatic nitrogens is 3. The number of aromatic amines is 1. The van der Waals surface area contributed by atoms with E-state index in [1.54, 1.807) is 0 Å². The Kier molecular flexibility index (Phi) is 7.46. The van der Waals surface area contributed by atoms with Gasteiger partial charge in [-0.25, -0.2) is 13.1 Å². The highest BCUT2D eigenvalue weighted by Crippen LogP contribution is 2.43. The van der Waals surface area contributed by atoms with Gasteiger partial charge in [-0.05, 0) is 61.3 Å². The molecule has 0 aliphatic carbocycles. The van der Waals surface area contributed by atoms with Gasteiger partial charge in [0.1, 0.15) is 16.5 Å². The molecule has 4 rings (SSSR count). The normalized spacial score (nSPS) is 15.2. The smallest absolute Gasteiger partial charge is 0.417 e. The number of halogens is 4. The van der Waals surface area contributed by atoms with Crippen LogP contribution in [-0.4, -0.2) is 49.8 Å². The van der Waals surface area contributed by atoms with Crippen molar-refractivity contribution < 1.29 is 26.3 Å². The largest absolute Gasteiger partial charge is 0.495 e. The number of nitrogens with one attached hydrogen (secondary N) is 3. The van der Waals surface area contributed by atoms with Crippen LogP contribution < -0.4 is 20.5 Å². The van der Waals surface area contributed by atoms with Crippen molar-refractivity contribution >= 4 is 27.6 Å². The molecule has 0 atom stereocenters. The van der Waals surface area contributed by atoms with Crippen LogP contribution in [0.25, 0.3) is 11.1 Å². The molecule has 1 aliphatic heterocycles. The minimum atomic E-state index is -4.75. The fraction of sp³-hybridized carbons (Fsp3) is 0.364. The predicted molar refractivity (Wildman–Crippen MR) is 128 cm³/mol. The number of alkyl halides is 3. The van der Waals surface area contributed by atoms with E-state index < -0.39 is 21.8 Å². The van der Waals surface area contributed by atoms with Gasteiger partial charge in [0, 0.05) is 23.0 Å². The fourth-order valence-corrected chi connectivity index (χ4v) is 5.94. The summed E-state index contributed by atoms with van der Waals surface area (Å²) in [6.45, 7) is 1.36. The van der Waals surface area contributed by atoms with E-state index in [2.05, 4.69) is 25.2 Å². The standard InChI is InChI=1S/C22H24ClF3N6O3S/c1-35-17-11-13(2-3-18(17)36(33,34)32-14-4-6-28-7-5-14)20-15(22(24,25)26)8-12(9-16(20)23)10-19-29-21(27)31-30-19/h2-3,8-9,11,14,28,32H,4-7,10H2,1H3,(H3,27,29,30,31). The molecule has 0 spiro atoms. The number of ether oxygens (including phenoxy) is 1. The average Bonchev–Trinajstić information content (AvgIpc) is 3.22. The highest BCUT2D eigenvalue weighted by Gasteiger charge is 2.36. The van der Waals surface area contributed by atoms with Gasteiger partial charge in [-0.15, -0.1) is 5.10 Å². The lowest BCUT2D eigenvalue weighted by Gasteiger charge is -2.24. The van der Waals surface area contributed by atoms with Gasteiger partial charge < -0.3 is 15.8 Å². The molecule has 1 saturated heterocycles. The molecule has 1 fully saturated rings. The second kappa shape index (κ2) is 10.2. The average molecular weight is 545 g/mol. The zero-order valence-corrected chi connectivity index (χ0v) is 20.7. The van der Waals surface area contributed by atoms with E-state index in [0.29, 0.717) is 25.9 Å². The first kappa shape index (κ1) is 26.2. The second-order valence-corrected chi connectivity index (χ2v) is 10.4. The Morgan fingerprint density at radius 1 is 1.22 bits per heavy atom. The van der Waals surface area contributed by atoms with Crippen molar-refractivity contribution in [2.75, 3.05) is 25.9 Å². The maximum atomic E-state index is 14.1. The van der Waals surface area contributed by atoms with Gasteiger partial charge in [-0.1, -0.05) is 17.7 Å². The Bertz CT molecular complexity index is 1360. The number of hydrogen-bond donors (Lipinski definition) is 4. The third kappa shape index (κ3) is 5.75. The van der Waals surface area contributed by atoms with E-state index in [9.17, 15) is 21.6 Å². The summed E-state index contributed by atoms with van der Waals surface area (Å²) in [6, 6.07) is 5.85. The Labute approximate surface area is 210 Å². The number of nitrogens with zero attached hydrogens (tertiary/aromatic N) is 2. The van der Waals surface area contributed by atoms with Crippen molar-refractivity contribution in [1.29, 1.82) is 0 Å². The molecule has 3 aromatic rings. The topological polar surface area (TPSA) is 135 Å². The molecule has 0 saturated carbocycles. The van der Waals surface area contributed by atoms with Crippen LogP contribution >= 0.6 is 11.6 Å². The zero-order valence-electron chi connectivity index (χ0n) is 19.1. The van der Waals surface area contributed by atoms with E-state index in [1.165, 1.54) is 31.4 Å². The molecule has 14 heteroatoms. The monoisotopic (exact) mass is 544 g/mol. The first-order chi connectivity index (χ1) is 17.0. The first-order valence-corrected chi connectivity index (χ1v) is 12.8. The number of nitrogens with two attached hydrogens (primary N) is 1. The Morgan fingerprint density at radius 2 is 1.94 bits per heavy atom. The number of H-pyrrole nitrogens is 1. The molecule has 2 aromatic carbocycles. The highest BCUT2D eigenvalue weighted by molar-refractivity contribution is 7.89. The van der Waals surface area contributed by atoms with Crippen molar-refractivity contribution in [2.24, 2.45) is 0 Å². The minimum Gasteiger partial charge on any atom is -0.495 e. The Morgan fingerprint density at radius 3 is 2.56 bits per heavy atom. The van der Waals surface area contributed by atoms with Gasteiger partial charge in [0.15, 0.2) is 0 Å². The van der Waals surface area contributed by atoms with E-state index in [1.807, 2.05) is 0 Å². The molecule has 194 valence electrons. The van der Waals surface area contributed by atoms with Crippen molar-refractivity contribution in [3.05, 3.63) is 52.3 Å². The van der Waals surface area contributed by atoms with Gasteiger partial charge >= 0.3 is 6.18 Å². The summed E-state index contributed by atoms with van der Waals surface area (Å²) in [4.78, 5) is 3.74. The van der Waals surface area contributed by atoms with Gasteiger partial charge in [0.05, 0.1) is 12.7 Å². The first-order valence-electron chi connectivity index (χ1n) is 11.0. The predicted octanol–water partition coefficient (Wildman–Crippen LogP) is 3.36. The van der Waals surface area contributed by atoms with Crippen molar-refractivity contribution in [3.63, 3.8) is 0 Å². The molecule has 1 aliphatic rings. The molecule has 0 bridgehead atoms. The lowest BCUT2D eigenvalue weighted by molar-refractivity contribution is -0.137. The van der Waals surface area contributed by atoms with Crippen LogP contribution in [-0.2, 0) is 22.6 Å². The fourth-order valence-electron chi connectivity index (χ4n) is 4.13. The zero-order chi connectivity index (χ0) is 26.1. The van der Waals surface area contributed by atoms with Crippen molar-refractivity contribution in [3.8, 4) is 16.9 Å². The molecule has 2 heterocycles. The van der Waals surface area contributed by atoms with Crippen LogP contribution in [0.1, 0.15) is 29.8 Å². The molecule has 1 aromatic heterocycles. The molecule has 36 heavy (non-hydrogen) atoms. The summed E-state index contributed by atoms with van der Waals surface area (Å²) in [5.41, 5.74) is 4.48. The molecule has 5 N–H and O–H groups in total. The maximum Gasteiger partial charge on any atom is 0.417 e. The number of sulfonamides is 1. The third-order valence-electron chi connectivity index (χ3n) is 5.78. The third-order valence-corrected chi connectivity index (χ3v) is 7.64. The number of hydrogen-bond acceptors (Lipinski definition) is 7. The number of benzene rings is 2. The number of methoxy groups -OCH3 is 1. The van der Waals surface area contributed by atoms with E-state index in [-0.39, 0.29) is 56.6 Å². The van der Waals surface area contributed by atoms with Gasteiger partial charge in [-0.3, -0.25) is 5.10 Å². The van der Waals surface area contributed by atoms with E-state index in [0.717, 1.165) is 6.07 Å². The van der Waals surface area contributed by atoms with Gasteiger partial charge in [0.2, 0.25) is 16.0 Å². The second-order valence-electron chi connectivity index (χ2n) is 8.33. The minimum absolute atomic E-state index is 0.00383. The highest BCUT2D eigenvalue weighted by atomic mass is 35.5. The summed E-state index contributed by atoms with van der Waals surface area (Å²) in [5, 5.41) is 9.20. The number of piperidine rings is 1. The summed E-state index contributed by atoms with van der Waals surface area (Å²) in [6.07, 6.45) is -3.51. The van der Waals surface area contributed by atoms with Crippen LogP contribution in [0.4, 0.5) is 19.1 Å². The lowest BCUT2D eigenvalue weighted by atomic mass is 9.95. The SMILES string of the molecule is COc1cc(-c2c(Cl)cc(Cc3nc(N)n[nH]3)cc2C(F)(F)F)ccc1S(=O)(=O)NC1CCNCC1. The quantitative estimate of drug-likeness (QED) is 0.358. The molecular weight excluding hydrogens is 521 g/mol. The van der Waals surface area contributed by atoms with E-state index in [4.69, 9.17) is 22.1 Å². The van der Waals surface area contributed by atoms with E-state index >= 15 is 0 Å². The van der Waals surface area contributed by atoms with Crippen LogP contribution in [0, 0.1) is 0 Å². The number of rotatable bonds is 7. The van der Waals surface area contributed by atoms with Crippen LogP contribution in [0.5, 0.6) is 5.75 Å². The molecule has 0 amide bonds. The summed E-state index contributed by atoms with van der Waals surface area (Å²) < 4.78 is 76.2.